The second-order valence-corrected chi connectivity index (χ2v) is 5.25. The molecule has 1 aliphatic heterocycles. The zero-order valence-electron chi connectivity index (χ0n) is 11.9. The molecule has 0 amide bonds. The lowest BCUT2D eigenvalue weighted by Crippen LogP contribution is -2.50. The Kier molecular flexibility index (Phi) is 7.04. The van der Waals surface area contributed by atoms with Gasteiger partial charge >= 0.3 is 0 Å². The summed E-state index contributed by atoms with van der Waals surface area (Å²) in [5.74, 6) is 0. The largest absolute Gasteiger partial charge is 0.376 e. The first-order valence-corrected chi connectivity index (χ1v) is 6.84. The Bertz CT molecular complexity index is 199. The lowest BCUT2D eigenvalue weighted by molar-refractivity contribution is -0.0550. The normalized spacial score (nSPS) is 26.6. The van der Waals surface area contributed by atoms with Crippen LogP contribution in [-0.4, -0.2) is 75.4 Å². The van der Waals surface area contributed by atoms with Crippen LogP contribution in [0, 0.1) is 0 Å². The highest BCUT2D eigenvalue weighted by molar-refractivity contribution is 4.78. The van der Waals surface area contributed by atoms with Gasteiger partial charge in [0.1, 0.15) is 0 Å². The van der Waals surface area contributed by atoms with Crippen LogP contribution in [0.25, 0.3) is 0 Å². The number of ether oxygens (including phenoxy) is 1. The van der Waals surface area contributed by atoms with Crippen LogP contribution in [0.1, 0.15) is 20.3 Å². The Morgan fingerprint density at radius 3 is 2.76 bits per heavy atom. The molecular formula is C13H29N3O. The summed E-state index contributed by atoms with van der Waals surface area (Å²) in [4.78, 5) is 4.77. The average molecular weight is 243 g/mol. The second-order valence-electron chi connectivity index (χ2n) is 5.25. The van der Waals surface area contributed by atoms with Gasteiger partial charge in [-0.05, 0) is 27.4 Å². The first-order valence-electron chi connectivity index (χ1n) is 6.84. The van der Waals surface area contributed by atoms with E-state index in [9.17, 15) is 0 Å². The average Bonchev–Trinajstić information content (AvgIpc) is 2.28. The Morgan fingerprint density at radius 2 is 2.12 bits per heavy atom. The van der Waals surface area contributed by atoms with Crippen LogP contribution < -0.4 is 5.32 Å². The zero-order chi connectivity index (χ0) is 12.7. The third-order valence-corrected chi connectivity index (χ3v) is 3.36. The van der Waals surface area contributed by atoms with Gasteiger partial charge in [0, 0.05) is 38.8 Å². The highest BCUT2D eigenvalue weighted by Gasteiger charge is 2.24. The predicted molar refractivity (Wildman–Crippen MR) is 72.5 cm³/mol. The van der Waals surface area contributed by atoms with E-state index in [2.05, 4.69) is 43.1 Å². The minimum atomic E-state index is 0.388. The maximum absolute atomic E-state index is 5.70. The van der Waals surface area contributed by atoms with Gasteiger partial charge in [-0.2, -0.15) is 0 Å². The first kappa shape index (κ1) is 14.9. The van der Waals surface area contributed by atoms with Crippen molar-refractivity contribution >= 4 is 0 Å². The molecule has 1 heterocycles. The van der Waals surface area contributed by atoms with Crippen molar-refractivity contribution in [1.82, 2.24) is 15.1 Å². The van der Waals surface area contributed by atoms with Gasteiger partial charge in [0.2, 0.25) is 0 Å². The topological polar surface area (TPSA) is 27.7 Å². The molecule has 1 aliphatic rings. The van der Waals surface area contributed by atoms with E-state index in [4.69, 9.17) is 4.74 Å². The molecule has 1 rings (SSSR count). The maximum atomic E-state index is 5.70. The van der Waals surface area contributed by atoms with Gasteiger partial charge in [-0.15, -0.1) is 0 Å². The molecule has 1 saturated heterocycles. The number of morpholine rings is 1. The number of rotatable bonds is 7. The fourth-order valence-electron chi connectivity index (χ4n) is 2.21. The van der Waals surface area contributed by atoms with Crippen molar-refractivity contribution < 1.29 is 4.74 Å². The van der Waals surface area contributed by atoms with Gasteiger partial charge in [0.15, 0.2) is 0 Å². The van der Waals surface area contributed by atoms with Crippen LogP contribution in [0.3, 0.4) is 0 Å². The minimum absolute atomic E-state index is 0.388. The maximum Gasteiger partial charge on any atom is 0.0674 e. The second kappa shape index (κ2) is 8.03. The van der Waals surface area contributed by atoms with Crippen LogP contribution in [0.2, 0.25) is 0 Å². The molecule has 4 heteroatoms. The van der Waals surface area contributed by atoms with E-state index in [1.165, 1.54) is 6.42 Å². The molecule has 0 aromatic carbocycles. The van der Waals surface area contributed by atoms with Crippen molar-refractivity contribution in [2.75, 3.05) is 53.4 Å². The number of likely N-dealkylation sites (N-methyl/N-ethyl adjacent to an activating group) is 1. The molecule has 0 bridgehead atoms. The monoisotopic (exact) mass is 243 g/mol. The summed E-state index contributed by atoms with van der Waals surface area (Å²) in [6.07, 6.45) is 1.57. The third kappa shape index (κ3) is 5.82. The molecule has 17 heavy (non-hydrogen) atoms. The molecule has 0 aromatic heterocycles. The van der Waals surface area contributed by atoms with Gasteiger partial charge in [-0.3, -0.25) is 4.90 Å². The molecule has 102 valence electrons. The van der Waals surface area contributed by atoms with Crippen molar-refractivity contribution in [3.63, 3.8) is 0 Å². The van der Waals surface area contributed by atoms with Gasteiger partial charge in [-0.1, -0.05) is 6.92 Å². The number of hydrogen-bond acceptors (Lipinski definition) is 4. The summed E-state index contributed by atoms with van der Waals surface area (Å²) in [5.41, 5.74) is 0. The molecule has 1 fully saturated rings. The summed E-state index contributed by atoms with van der Waals surface area (Å²) in [5, 5.41) is 3.50. The SMILES string of the molecule is CCC1COC(C)CN1CCNCCN(C)C. The molecule has 0 aromatic rings. The molecule has 0 aliphatic carbocycles. The van der Waals surface area contributed by atoms with Crippen molar-refractivity contribution in [2.45, 2.75) is 32.4 Å². The first-order chi connectivity index (χ1) is 8.13. The van der Waals surface area contributed by atoms with Gasteiger partial charge < -0.3 is 15.0 Å². The highest BCUT2D eigenvalue weighted by atomic mass is 16.5. The standard InChI is InChI=1S/C13H29N3O/c1-5-13-11-17-12(2)10-16(13)9-7-14-6-8-15(3)4/h12-14H,5-11H2,1-4H3. The summed E-state index contributed by atoms with van der Waals surface area (Å²) in [6, 6.07) is 0.613. The van der Waals surface area contributed by atoms with Gasteiger partial charge in [-0.25, -0.2) is 0 Å². The zero-order valence-corrected chi connectivity index (χ0v) is 11.9. The minimum Gasteiger partial charge on any atom is -0.376 e. The van der Waals surface area contributed by atoms with E-state index in [0.717, 1.165) is 39.3 Å². The highest BCUT2D eigenvalue weighted by Crippen LogP contribution is 2.13. The van der Waals surface area contributed by atoms with Crippen LogP contribution in [0.4, 0.5) is 0 Å². The van der Waals surface area contributed by atoms with E-state index < -0.39 is 0 Å². The summed E-state index contributed by atoms with van der Waals surface area (Å²) in [6.45, 7) is 10.8. The van der Waals surface area contributed by atoms with Crippen LogP contribution in [-0.2, 0) is 4.74 Å². The Hall–Kier alpha value is -0.160. The number of nitrogens with one attached hydrogen (secondary N) is 1. The molecular weight excluding hydrogens is 214 g/mol. The summed E-state index contributed by atoms with van der Waals surface area (Å²) >= 11 is 0. The molecule has 0 saturated carbocycles. The lowest BCUT2D eigenvalue weighted by Gasteiger charge is -2.38. The molecule has 2 unspecified atom stereocenters. The van der Waals surface area contributed by atoms with Crippen molar-refractivity contribution in [2.24, 2.45) is 0 Å². The van der Waals surface area contributed by atoms with E-state index in [0.29, 0.717) is 12.1 Å². The van der Waals surface area contributed by atoms with E-state index in [1.807, 2.05) is 0 Å². The van der Waals surface area contributed by atoms with Crippen LogP contribution in [0.5, 0.6) is 0 Å². The molecule has 0 spiro atoms. The Balaban J connectivity index is 2.14. The summed E-state index contributed by atoms with van der Waals surface area (Å²) in [7, 11) is 4.22. The fourth-order valence-corrected chi connectivity index (χ4v) is 2.21. The lowest BCUT2D eigenvalue weighted by atomic mass is 10.1. The Labute approximate surface area is 106 Å². The van der Waals surface area contributed by atoms with Crippen molar-refractivity contribution in [3.8, 4) is 0 Å². The molecule has 0 radical (unpaired) electrons. The van der Waals surface area contributed by atoms with Crippen molar-refractivity contribution in [1.29, 1.82) is 0 Å². The van der Waals surface area contributed by atoms with Crippen LogP contribution >= 0.6 is 0 Å². The van der Waals surface area contributed by atoms with Crippen molar-refractivity contribution in [3.05, 3.63) is 0 Å². The van der Waals surface area contributed by atoms with E-state index in [1.54, 1.807) is 0 Å². The fraction of sp³-hybridized carbons (Fsp3) is 1.00. The molecule has 4 nitrogen and oxygen atoms in total. The van der Waals surface area contributed by atoms with Gasteiger partial charge in [0.05, 0.1) is 12.7 Å². The smallest absolute Gasteiger partial charge is 0.0674 e. The predicted octanol–water partition coefficient (Wildman–Crippen LogP) is 0.637. The van der Waals surface area contributed by atoms with Crippen LogP contribution in [0.15, 0.2) is 0 Å². The molecule has 2 atom stereocenters. The number of nitrogens with zero attached hydrogens (tertiary/aromatic N) is 2. The van der Waals surface area contributed by atoms with E-state index in [-0.39, 0.29) is 0 Å². The quantitative estimate of drug-likeness (QED) is 0.664. The Morgan fingerprint density at radius 1 is 1.35 bits per heavy atom. The number of hydrogen-bond donors (Lipinski definition) is 1. The summed E-state index contributed by atoms with van der Waals surface area (Å²) < 4.78 is 5.70. The molecule has 1 N–H and O–H groups in total. The van der Waals surface area contributed by atoms with E-state index >= 15 is 0 Å². The van der Waals surface area contributed by atoms with Gasteiger partial charge in [0.25, 0.3) is 0 Å². The third-order valence-electron chi connectivity index (χ3n) is 3.36.